The van der Waals surface area contributed by atoms with Gasteiger partial charge in [0.2, 0.25) is 0 Å². The van der Waals surface area contributed by atoms with Crippen LogP contribution in [0.5, 0.6) is 5.75 Å². The molecular formula is C12H11NO5. The van der Waals surface area contributed by atoms with Gasteiger partial charge < -0.3 is 14.0 Å². The lowest BCUT2D eigenvalue weighted by molar-refractivity contribution is -0.131. The van der Waals surface area contributed by atoms with Crippen LogP contribution in [-0.4, -0.2) is 23.7 Å². The number of nitrogens with zero attached hydrogens (tertiary/aromatic N) is 1. The summed E-state index contributed by atoms with van der Waals surface area (Å²) in [6.45, 7) is 3.27. The highest BCUT2D eigenvalue weighted by molar-refractivity contribution is 6.01. The number of hydrogen-bond donors (Lipinski definition) is 0. The Morgan fingerprint density at radius 3 is 2.83 bits per heavy atom. The van der Waals surface area contributed by atoms with Crippen molar-refractivity contribution in [2.24, 2.45) is 0 Å². The van der Waals surface area contributed by atoms with Gasteiger partial charge in [-0.15, -0.1) is 0 Å². The Kier molecular flexibility index (Phi) is 3.27. The minimum Gasteiger partial charge on any atom is -0.461 e. The molecule has 0 saturated carbocycles. The topological polar surface area (TPSA) is 78.6 Å². The summed E-state index contributed by atoms with van der Waals surface area (Å²) < 4.78 is 14.7. The largest absolute Gasteiger partial charge is 0.461 e. The zero-order valence-electron chi connectivity index (χ0n) is 9.93. The summed E-state index contributed by atoms with van der Waals surface area (Å²) in [4.78, 5) is 22.4. The summed E-state index contributed by atoms with van der Waals surface area (Å²) in [5, 5.41) is 4.16. The van der Waals surface area contributed by atoms with Crippen molar-refractivity contribution in [3.8, 4) is 5.75 Å². The number of aromatic nitrogens is 1. The molecule has 18 heavy (non-hydrogen) atoms. The fraction of sp³-hybridized carbons (Fsp3) is 0.250. The summed E-state index contributed by atoms with van der Waals surface area (Å²) >= 11 is 0. The van der Waals surface area contributed by atoms with Crippen molar-refractivity contribution in [2.75, 3.05) is 6.61 Å². The fourth-order valence-electron chi connectivity index (χ4n) is 1.49. The molecule has 1 heterocycles. The van der Waals surface area contributed by atoms with Gasteiger partial charge >= 0.3 is 11.9 Å². The number of fused-ring (bicyclic) bond motifs is 1. The van der Waals surface area contributed by atoms with Crippen LogP contribution >= 0.6 is 0 Å². The molecule has 0 bridgehead atoms. The maximum Gasteiger partial charge on any atom is 0.361 e. The second kappa shape index (κ2) is 4.87. The predicted molar refractivity (Wildman–Crippen MR) is 61.3 cm³/mol. The van der Waals surface area contributed by atoms with Gasteiger partial charge in [-0.3, -0.25) is 4.79 Å². The molecule has 6 nitrogen and oxygen atoms in total. The maximum absolute atomic E-state index is 11.6. The first-order valence-corrected chi connectivity index (χ1v) is 5.36. The molecule has 0 amide bonds. The molecule has 2 aromatic rings. The molecule has 0 radical (unpaired) electrons. The Hall–Kier alpha value is -2.37. The van der Waals surface area contributed by atoms with Gasteiger partial charge in [-0.05, 0) is 19.1 Å². The highest BCUT2D eigenvalue weighted by Gasteiger charge is 2.17. The predicted octanol–water partition coefficient (Wildman–Crippen LogP) is 1.93. The van der Waals surface area contributed by atoms with E-state index < -0.39 is 11.9 Å². The summed E-state index contributed by atoms with van der Waals surface area (Å²) in [7, 11) is 0. The normalized spacial score (nSPS) is 10.3. The molecule has 0 atom stereocenters. The van der Waals surface area contributed by atoms with Crippen molar-refractivity contribution in [1.29, 1.82) is 0 Å². The van der Waals surface area contributed by atoms with E-state index >= 15 is 0 Å². The van der Waals surface area contributed by atoms with E-state index in [1.54, 1.807) is 19.1 Å². The van der Waals surface area contributed by atoms with Gasteiger partial charge in [0.25, 0.3) is 0 Å². The standard InChI is InChI=1S/C12H11NO5/c1-3-16-12(15)11-9-5-4-8(17-7(2)14)6-10(9)18-13-11/h4-6H,3H2,1-2H3. The van der Waals surface area contributed by atoms with Gasteiger partial charge in [-0.2, -0.15) is 0 Å². The van der Waals surface area contributed by atoms with Crippen LogP contribution in [0.3, 0.4) is 0 Å². The Bertz CT molecular complexity index is 602. The number of carbonyl (C=O) groups is 2. The van der Waals surface area contributed by atoms with Gasteiger partial charge in [-0.1, -0.05) is 5.16 Å². The number of carbonyl (C=O) groups excluding carboxylic acids is 2. The first kappa shape index (κ1) is 12.1. The minimum atomic E-state index is -0.545. The third-order valence-electron chi connectivity index (χ3n) is 2.17. The zero-order valence-corrected chi connectivity index (χ0v) is 9.93. The Labute approximate surface area is 102 Å². The highest BCUT2D eigenvalue weighted by atomic mass is 16.5. The summed E-state index contributed by atoms with van der Waals surface area (Å²) in [6, 6.07) is 4.65. The molecule has 0 aliphatic carbocycles. The third-order valence-corrected chi connectivity index (χ3v) is 2.17. The van der Waals surface area contributed by atoms with Crippen LogP contribution < -0.4 is 4.74 Å². The number of esters is 2. The van der Waals surface area contributed by atoms with E-state index in [0.29, 0.717) is 16.7 Å². The molecule has 0 spiro atoms. The van der Waals surface area contributed by atoms with Crippen LogP contribution in [-0.2, 0) is 9.53 Å². The molecule has 2 rings (SSSR count). The van der Waals surface area contributed by atoms with E-state index in [0.717, 1.165) is 0 Å². The second-order valence-electron chi connectivity index (χ2n) is 3.50. The van der Waals surface area contributed by atoms with Crippen LogP contribution in [0.1, 0.15) is 24.3 Å². The lowest BCUT2D eigenvalue weighted by Gasteiger charge is -2.00. The summed E-state index contributed by atoms with van der Waals surface area (Å²) in [5.41, 5.74) is 0.470. The molecule has 1 aromatic carbocycles. The van der Waals surface area contributed by atoms with Crippen molar-refractivity contribution < 1.29 is 23.6 Å². The van der Waals surface area contributed by atoms with Crippen LogP contribution in [0.15, 0.2) is 22.7 Å². The number of benzene rings is 1. The van der Waals surface area contributed by atoms with Crippen molar-refractivity contribution in [3.63, 3.8) is 0 Å². The Morgan fingerprint density at radius 1 is 1.39 bits per heavy atom. The first-order valence-electron chi connectivity index (χ1n) is 5.36. The number of ether oxygens (including phenoxy) is 2. The van der Waals surface area contributed by atoms with Crippen LogP contribution in [0.2, 0.25) is 0 Å². The minimum absolute atomic E-state index is 0.112. The molecule has 0 unspecified atom stereocenters. The van der Waals surface area contributed by atoms with Crippen molar-refractivity contribution in [1.82, 2.24) is 5.16 Å². The van der Waals surface area contributed by atoms with Gasteiger partial charge in [0.05, 0.1) is 12.0 Å². The molecule has 6 heteroatoms. The van der Waals surface area contributed by atoms with E-state index in [1.807, 2.05) is 0 Å². The monoisotopic (exact) mass is 249 g/mol. The average molecular weight is 249 g/mol. The van der Waals surface area contributed by atoms with E-state index in [-0.39, 0.29) is 12.3 Å². The third kappa shape index (κ3) is 2.32. The molecule has 1 aromatic heterocycles. The molecule has 0 aliphatic heterocycles. The molecule has 0 fully saturated rings. The first-order chi connectivity index (χ1) is 8.61. The molecule has 0 N–H and O–H groups in total. The van der Waals surface area contributed by atoms with Gasteiger partial charge in [0.15, 0.2) is 11.3 Å². The van der Waals surface area contributed by atoms with E-state index in [1.165, 1.54) is 13.0 Å². The molecule has 0 aliphatic rings. The SMILES string of the molecule is CCOC(=O)c1noc2cc(OC(C)=O)ccc12. The van der Waals surface area contributed by atoms with Gasteiger partial charge in [0.1, 0.15) is 5.75 Å². The molecular weight excluding hydrogens is 238 g/mol. The highest BCUT2D eigenvalue weighted by Crippen LogP contribution is 2.24. The molecule has 0 saturated heterocycles. The fourth-order valence-corrected chi connectivity index (χ4v) is 1.49. The number of rotatable bonds is 3. The average Bonchev–Trinajstić information content (AvgIpc) is 2.71. The smallest absolute Gasteiger partial charge is 0.361 e. The van der Waals surface area contributed by atoms with Crippen molar-refractivity contribution >= 4 is 22.9 Å². The summed E-state index contributed by atoms with van der Waals surface area (Å²) in [6.07, 6.45) is 0. The maximum atomic E-state index is 11.6. The van der Waals surface area contributed by atoms with E-state index in [9.17, 15) is 9.59 Å². The second-order valence-corrected chi connectivity index (χ2v) is 3.50. The van der Waals surface area contributed by atoms with Crippen molar-refractivity contribution in [2.45, 2.75) is 13.8 Å². The lowest BCUT2D eigenvalue weighted by atomic mass is 10.2. The van der Waals surface area contributed by atoms with Gasteiger partial charge in [-0.25, -0.2) is 4.79 Å². The zero-order chi connectivity index (χ0) is 13.1. The van der Waals surface area contributed by atoms with E-state index in [2.05, 4.69) is 5.16 Å². The quantitative estimate of drug-likeness (QED) is 0.610. The van der Waals surface area contributed by atoms with Crippen LogP contribution in [0, 0.1) is 0 Å². The van der Waals surface area contributed by atoms with Crippen molar-refractivity contribution in [3.05, 3.63) is 23.9 Å². The Balaban J connectivity index is 2.37. The lowest BCUT2D eigenvalue weighted by Crippen LogP contribution is -2.05. The Morgan fingerprint density at radius 2 is 2.17 bits per heavy atom. The van der Waals surface area contributed by atoms with Crippen LogP contribution in [0.25, 0.3) is 11.0 Å². The molecule has 94 valence electrons. The van der Waals surface area contributed by atoms with Crippen LogP contribution in [0.4, 0.5) is 0 Å². The summed E-state index contributed by atoms with van der Waals surface area (Å²) in [5.74, 6) is -0.641. The number of hydrogen-bond acceptors (Lipinski definition) is 6. The van der Waals surface area contributed by atoms with E-state index in [4.69, 9.17) is 14.0 Å². The van der Waals surface area contributed by atoms with Gasteiger partial charge in [0, 0.05) is 13.0 Å².